The van der Waals surface area contributed by atoms with Crippen LogP contribution in [0.25, 0.3) is 5.95 Å². The number of hydrogen-bond acceptors (Lipinski definition) is 6. The molecule has 2 aromatic heterocycles. The van der Waals surface area contributed by atoms with Gasteiger partial charge in [-0.15, -0.1) is 0 Å². The Morgan fingerprint density at radius 1 is 1.30 bits per heavy atom. The topological polar surface area (TPSA) is 111 Å². The summed E-state index contributed by atoms with van der Waals surface area (Å²) in [4.78, 5) is 31.4. The SMILES string of the molecule is C[C@H](NC(=O)c1cnc(-n2cccn2)[nH]c1=O)c1ccc2c(c1)OCCO2. The van der Waals surface area contributed by atoms with Gasteiger partial charge in [-0.25, -0.2) is 9.67 Å². The van der Waals surface area contributed by atoms with Crippen LogP contribution in [0.3, 0.4) is 0 Å². The summed E-state index contributed by atoms with van der Waals surface area (Å²) < 4.78 is 12.5. The molecule has 0 aliphatic carbocycles. The van der Waals surface area contributed by atoms with Crippen LogP contribution in [0.1, 0.15) is 28.9 Å². The summed E-state index contributed by atoms with van der Waals surface area (Å²) in [5.74, 6) is 1.04. The number of fused-ring (bicyclic) bond motifs is 1. The monoisotopic (exact) mass is 367 g/mol. The van der Waals surface area contributed by atoms with Crippen LogP contribution in [0.2, 0.25) is 0 Å². The van der Waals surface area contributed by atoms with Gasteiger partial charge in [0, 0.05) is 18.6 Å². The molecule has 2 N–H and O–H groups in total. The van der Waals surface area contributed by atoms with Crippen LogP contribution in [-0.2, 0) is 0 Å². The van der Waals surface area contributed by atoms with Crippen LogP contribution in [0, 0.1) is 0 Å². The number of H-pyrrole nitrogens is 1. The van der Waals surface area contributed by atoms with Gasteiger partial charge in [0.25, 0.3) is 11.5 Å². The number of ether oxygens (including phenoxy) is 2. The Labute approximate surface area is 154 Å². The van der Waals surface area contributed by atoms with Crippen molar-refractivity contribution in [2.75, 3.05) is 13.2 Å². The molecular weight excluding hydrogens is 350 g/mol. The molecular formula is C18H17N5O4. The highest BCUT2D eigenvalue weighted by atomic mass is 16.6. The normalized spacial score (nSPS) is 13.8. The van der Waals surface area contributed by atoms with Gasteiger partial charge in [-0.05, 0) is 30.7 Å². The number of benzene rings is 1. The van der Waals surface area contributed by atoms with Crippen molar-refractivity contribution < 1.29 is 14.3 Å². The minimum atomic E-state index is -0.539. The third-order valence-corrected chi connectivity index (χ3v) is 4.17. The Balaban J connectivity index is 1.51. The molecule has 9 heteroatoms. The number of carbonyl (C=O) groups is 1. The van der Waals surface area contributed by atoms with Crippen LogP contribution in [0.4, 0.5) is 0 Å². The number of carbonyl (C=O) groups excluding carboxylic acids is 1. The van der Waals surface area contributed by atoms with Gasteiger partial charge in [-0.2, -0.15) is 5.10 Å². The van der Waals surface area contributed by atoms with E-state index in [-0.39, 0.29) is 17.6 Å². The van der Waals surface area contributed by atoms with Gasteiger partial charge in [-0.3, -0.25) is 14.6 Å². The van der Waals surface area contributed by atoms with Gasteiger partial charge in [0.15, 0.2) is 11.5 Å². The van der Waals surface area contributed by atoms with Crippen molar-refractivity contribution in [2.45, 2.75) is 13.0 Å². The quantitative estimate of drug-likeness (QED) is 0.717. The van der Waals surface area contributed by atoms with E-state index in [0.717, 1.165) is 5.56 Å². The van der Waals surface area contributed by atoms with E-state index in [1.54, 1.807) is 24.5 Å². The largest absolute Gasteiger partial charge is 0.486 e. The van der Waals surface area contributed by atoms with Crippen molar-refractivity contribution in [2.24, 2.45) is 0 Å². The zero-order valence-electron chi connectivity index (χ0n) is 14.5. The lowest BCUT2D eigenvalue weighted by atomic mass is 10.1. The second-order valence-electron chi connectivity index (χ2n) is 6.00. The number of hydrogen-bond donors (Lipinski definition) is 2. The number of amides is 1. The van der Waals surface area contributed by atoms with Gasteiger partial charge in [0.2, 0.25) is 5.95 Å². The predicted octanol–water partition coefficient (Wildman–Crippen LogP) is 1.22. The molecule has 3 heterocycles. The third-order valence-electron chi connectivity index (χ3n) is 4.17. The molecule has 0 saturated carbocycles. The summed E-state index contributed by atoms with van der Waals surface area (Å²) >= 11 is 0. The number of aromatic nitrogens is 4. The molecule has 0 fully saturated rings. The zero-order valence-corrected chi connectivity index (χ0v) is 14.5. The summed E-state index contributed by atoms with van der Waals surface area (Å²) in [5, 5.41) is 6.78. The average molecular weight is 367 g/mol. The first kappa shape index (κ1) is 16.8. The maximum Gasteiger partial charge on any atom is 0.265 e. The van der Waals surface area contributed by atoms with Crippen LogP contribution in [0.5, 0.6) is 11.5 Å². The summed E-state index contributed by atoms with van der Waals surface area (Å²) in [6, 6.07) is 6.85. The molecule has 0 unspecified atom stereocenters. The Bertz CT molecular complexity index is 1030. The lowest BCUT2D eigenvalue weighted by Gasteiger charge is -2.21. The van der Waals surface area contributed by atoms with E-state index < -0.39 is 11.5 Å². The Kier molecular flexibility index (Phi) is 4.33. The number of aromatic amines is 1. The van der Waals surface area contributed by atoms with E-state index in [4.69, 9.17) is 9.47 Å². The molecule has 1 aromatic carbocycles. The first-order valence-corrected chi connectivity index (χ1v) is 8.41. The molecule has 9 nitrogen and oxygen atoms in total. The highest BCUT2D eigenvalue weighted by Gasteiger charge is 2.18. The Morgan fingerprint density at radius 3 is 2.85 bits per heavy atom. The van der Waals surface area contributed by atoms with Crippen molar-refractivity contribution in [1.29, 1.82) is 0 Å². The minimum absolute atomic E-state index is 0.0738. The number of rotatable bonds is 4. The second kappa shape index (κ2) is 6.94. The van der Waals surface area contributed by atoms with Crippen LogP contribution >= 0.6 is 0 Å². The molecule has 1 aliphatic heterocycles. The molecule has 0 spiro atoms. The van der Waals surface area contributed by atoms with Crippen molar-refractivity contribution in [1.82, 2.24) is 25.1 Å². The first-order valence-electron chi connectivity index (χ1n) is 8.41. The third kappa shape index (κ3) is 3.39. The molecule has 27 heavy (non-hydrogen) atoms. The van der Waals surface area contributed by atoms with Gasteiger partial charge >= 0.3 is 0 Å². The van der Waals surface area contributed by atoms with Crippen LogP contribution < -0.4 is 20.3 Å². The van der Waals surface area contributed by atoms with Crippen molar-refractivity contribution in [3.8, 4) is 17.4 Å². The van der Waals surface area contributed by atoms with Gasteiger partial charge < -0.3 is 14.8 Å². The molecule has 0 radical (unpaired) electrons. The van der Waals surface area contributed by atoms with E-state index >= 15 is 0 Å². The zero-order chi connectivity index (χ0) is 18.8. The van der Waals surface area contributed by atoms with Crippen LogP contribution in [-0.4, -0.2) is 38.9 Å². The number of nitrogens with zero attached hydrogens (tertiary/aromatic N) is 3. The van der Waals surface area contributed by atoms with E-state index in [1.165, 1.54) is 10.9 Å². The summed E-state index contributed by atoms with van der Waals surface area (Å²) in [6.07, 6.45) is 4.44. The fraction of sp³-hybridized carbons (Fsp3) is 0.222. The fourth-order valence-corrected chi connectivity index (χ4v) is 2.74. The summed E-state index contributed by atoms with van der Waals surface area (Å²) in [6.45, 7) is 2.83. The second-order valence-corrected chi connectivity index (χ2v) is 6.00. The lowest BCUT2D eigenvalue weighted by molar-refractivity contribution is 0.0937. The summed E-state index contributed by atoms with van der Waals surface area (Å²) in [5.41, 5.74) is 0.225. The minimum Gasteiger partial charge on any atom is -0.486 e. The van der Waals surface area contributed by atoms with E-state index in [1.807, 2.05) is 19.1 Å². The number of nitrogens with one attached hydrogen (secondary N) is 2. The van der Waals surface area contributed by atoms with Gasteiger partial charge in [-0.1, -0.05) is 6.07 Å². The van der Waals surface area contributed by atoms with E-state index in [9.17, 15) is 9.59 Å². The summed E-state index contributed by atoms with van der Waals surface area (Å²) in [7, 11) is 0. The smallest absolute Gasteiger partial charge is 0.265 e. The van der Waals surface area contributed by atoms with Crippen molar-refractivity contribution >= 4 is 5.91 Å². The van der Waals surface area contributed by atoms with Gasteiger partial charge in [0.1, 0.15) is 18.8 Å². The molecule has 0 saturated heterocycles. The lowest BCUT2D eigenvalue weighted by Crippen LogP contribution is -2.32. The maximum atomic E-state index is 12.5. The predicted molar refractivity (Wildman–Crippen MR) is 95.3 cm³/mol. The van der Waals surface area contributed by atoms with Crippen LogP contribution in [0.15, 0.2) is 47.7 Å². The highest BCUT2D eigenvalue weighted by molar-refractivity contribution is 5.93. The van der Waals surface area contributed by atoms with Crippen molar-refractivity contribution in [3.63, 3.8) is 0 Å². The highest BCUT2D eigenvalue weighted by Crippen LogP contribution is 2.32. The maximum absolute atomic E-state index is 12.5. The molecule has 1 aliphatic rings. The molecule has 4 rings (SSSR count). The Hall–Kier alpha value is -3.62. The molecule has 1 atom stereocenters. The Morgan fingerprint density at radius 2 is 2.11 bits per heavy atom. The van der Waals surface area contributed by atoms with Crippen molar-refractivity contribution in [3.05, 3.63) is 64.3 Å². The molecule has 1 amide bonds. The average Bonchev–Trinajstić information content (AvgIpc) is 3.22. The molecule has 138 valence electrons. The fourth-order valence-electron chi connectivity index (χ4n) is 2.74. The standard InChI is InChI=1S/C18H17N5O4/c1-11(12-3-4-14-15(9-12)27-8-7-26-14)21-16(24)13-10-19-18(22-17(13)25)23-6-2-5-20-23/h2-6,9-11H,7-8H2,1H3,(H,21,24)(H,19,22,25)/t11-/m0/s1. The van der Waals surface area contributed by atoms with E-state index in [0.29, 0.717) is 24.7 Å². The molecule has 3 aromatic rings. The van der Waals surface area contributed by atoms with E-state index in [2.05, 4.69) is 20.4 Å². The first-order chi connectivity index (χ1) is 13.1. The molecule has 0 bridgehead atoms. The van der Waals surface area contributed by atoms with Gasteiger partial charge in [0.05, 0.1) is 6.04 Å².